The maximum absolute atomic E-state index is 11.5. The minimum Gasteiger partial charge on any atom is -0.444 e. The molecule has 0 fully saturated rings. The van der Waals surface area contributed by atoms with Crippen LogP contribution >= 0.6 is 38.5 Å². The zero-order valence-corrected chi connectivity index (χ0v) is 12.9. The molecular formula is C10H12BrIN2O2. The summed E-state index contributed by atoms with van der Waals surface area (Å²) in [5.74, 6) is 0.453. The number of pyridine rings is 1. The number of hydrogen-bond donors (Lipinski definition) is 1. The molecule has 1 aromatic heterocycles. The third-order valence-electron chi connectivity index (χ3n) is 1.43. The van der Waals surface area contributed by atoms with Crippen molar-refractivity contribution in [3.8, 4) is 0 Å². The summed E-state index contributed by atoms with van der Waals surface area (Å²) in [6, 6.07) is 1.86. The van der Waals surface area contributed by atoms with Crippen molar-refractivity contribution < 1.29 is 9.53 Å². The fraction of sp³-hybridized carbons (Fsp3) is 0.400. The number of amides is 1. The summed E-state index contributed by atoms with van der Waals surface area (Å²) in [5.41, 5.74) is -0.514. The summed E-state index contributed by atoms with van der Waals surface area (Å²) < 4.78 is 6.83. The van der Waals surface area contributed by atoms with E-state index in [-0.39, 0.29) is 0 Å². The molecule has 0 aliphatic rings. The Morgan fingerprint density at radius 1 is 1.56 bits per heavy atom. The second-order valence-corrected chi connectivity index (χ2v) is 6.21. The van der Waals surface area contributed by atoms with Crippen LogP contribution in [0.5, 0.6) is 0 Å². The number of ether oxygens (including phenoxy) is 1. The van der Waals surface area contributed by atoms with Gasteiger partial charge in [-0.1, -0.05) is 0 Å². The van der Waals surface area contributed by atoms with Crippen molar-refractivity contribution in [2.45, 2.75) is 26.4 Å². The van der Waals surface area contributed by atoms with Gasteiger partial charge in [0.1, 0.15) is 11.4 Å². The van der Waals surface area contributed by atoms with Crippen molar-refractivity contribution in [2.75, 3.05) is 5.32 Å². The molecule has 0 atom stereocenters. The van der Waals surface area contributed by atoms with E-state index in [1.54, 1.807) is 6.20 Å². The molecule has 0 unspecified atom stereocenters. The van der Waals surface area contributed by atoms with Gasteiger partial charge in [0.2, 0.25) is 0 Å². The van der Waals surface area contributed by atoms with E-state index in [1.807, 2.05) is 26.8 Å². The Bertz CT molecular complexity index is 404. The molecule has 1 aromatic rings. The zero-order valence-electron chi connectivity index (χ0n) is 9.17. The number of hydrogen-bond acceptors (Lipinski definition) is 3. The Morgan fingerprint density at radius 3 is 2.69 bits per heavy atom. The Balaban J connectivity index is 2.70. The van der Waals surface area contributed by atoms with Crippen LogP contribution in [0.15, 0.2) is 16.7 Å². The quantitative estimate of drug-likeness (QED) is 0.732. The largest absolute Gasteiger partial charge is 0.444 e. The number of carbonyl (C=O) groups excluding carboxylic acids is 1. The van der Waals surface area contributed by atoms with Crippen molar-refractivity contribution in [2.24, 2.45) is 0 Å². The molecule has 0 aliphatic carbocycles. The lowest BCUT2D eigenvalue weighted by Gasteiger charge is -2.19. The molecule has 4 nitrogen and oxygen atoms in total. The molecular weight excluding hydrogens is 387 g/mol. The summed E-state index contributed by atoms with van der Waals surface area (Å²) in [6.45, 7) is 5.43. The van der Waals surface area contributed by atoms with Crippen LogP contribution in [-0.2, 0) is 4.74 Å². The van der Waals surface area contributed by atoms with Crippen LogP contribution < -0.4 is 5.32 Å². The molecule has 1 amide bonds. The monoisotopic (exact) mass is 398 g/mol. The lowest BCUT2D eigenvalue weighted by molar-refractivity contribution is 0.0635. The average Bonchev–Trinajstić information content (AvgIpc) is 2.06. The third kappa shape index (κ3) is 4.65. The molecule has 1 N–H and O–H groups in total. The van der Waals surface area contributed by atoms with Crippen LogP contribution in [0.25, 0.3) is 0 Å². The van der Waals surface area contributed by atoms with Gasteiger partial charge < -0.3 is 4.74 Å². The van der Waals surface area contributed by atoms with Gasteiger partial charge in [0, 0.05) is 9.77 Å². The van der Waals surface area contributed by atoms with Gasteiger partial charge in [0.25, 0.3) is 0 Å². The van der Waals surface area contributed by atoms with Gasteiger partial charge in [-0.2, -0.15) is 0 Å². The van der Waals surface area contributed by atoms with E-state index in [4.69, 9.17) is 4.74 Å². The van der Waals surface area contributed by atoms with E-state index in [0.717, 1.165) is 8.04 Å². The van der Waals surface area contributed by atoms with Crippen LogP contribution in [0.1, 0.15) is 20.8 Å². The number of rotatable bonds is 1. The van der Waals surface area contributed by atoms with Gasteiger partial charge in [-0.3, -0.25) is 5.32 Å². The molecule has 0 saturated heterocycles. The van der Waals surface area contributed by atoms with Crippen LogP contribution in [-0.4, -0.2) is 16.7 Å². The number of anilines is 1. The fourth-order valence-corrected chi connectivity index (χ4v) is 2.23. The van der Waals surface area contributed by atoms with Gasteiger partial charge in [-0.05, 0) is 65.4 Å². The maximum atomic E-state index is 11.5. The van der Waals surface area contributed by atoms with Crippen LogP contribution in [0.2, 0.25) is 0 Å². The summed E-state index contributed by atoms with van der Waals surface area (Å²) in [4.78, 5) is 15.6. The van der Waals surface area contributed by atoms with Crippen molar-refractivity contribution in [1.29, 1.82) is 0 Å². The first-order valence-electron chi connectivity index (χ1n) is 4.59. The molecule has 16 heavy (non-hydrogen) atoms. The zero-order chi connectivity index (χ0) is 12.3. The average molecular weight is 399 g/mol. The van der Waals surface area contributed by atoms with Crippen LogP contribution in [0.4, 0.5) is 10.6 Å². The first kappa shape index (κ1) is 13.7. The molecule has 0 radical (unpaired) electrons. The number of halogens is 2. The van der Waals surface area contributed by atoms with E-state index in [0.29, 0.717) is 5.82 Å². The molecule has 88 valence electrons. The Morgan fingerprint density at radius 2 is 2.19 bits per heavy atom. The van der Waals surface area contributed by atoms with Crippen LogP contribution in [0.3, 0.4) is 0 Å². The lowest BCUT2D eigenvalue weighted by Crippen LogP contribution is -2.27. The minimum atomic E-state index is -0.514. The first-order valence-corrected chi connectivity index (χ1v) is 6.46. The minimum absolute atomic E-state index is 0.453. The van der Waals surface area contributed by atoms with Crippen molar-refractivity contribution in [3.05, 3.63) is 20.3 Å². The smallest absolute Gasteiger partial charge is 0.413 e. The SMILES string of the molecule is CC(C)(C)OC(=O)Nc1ncc(I)cc1Br. The Labute approximate surface area is 116 Å². The molecule has 0 saturated carbocycles. The van der Waals surface area contributed by atoms with Gasteiger partial charge in [0.15, 0.2) is 0 Å². The maximum Gasteiger partial charge on any atom is 0.413 e. The van der Waals surface area contributed by atoms with Crippen molar-refractivity contribution in [3.63, 3.8) is 0 Å². The number of nitrogens with one attached hydrogen (secondary N) is 1. The second-order valence-electron chi connectivity index (χ2n) is 4.11. The van der Waals surface area contributed by atoms with E-state index in [2.05, 4.69) is 48.8 Å². The summed E-state index contributed by atoms with van der Waals surface area (Å²) in [6.07, 6.45) is 1.15. The Hall–Kier alpha value is -0.370. The predicted octanol–water partition coefficient (Wildman–Crippen LogP) is 3.80. The predicted molar refractivity (Wildman–Crippen MR) is 74.5 cm³/mol. The van der Waals surface area contributed by atoms with Gasteiger partial charge in [-0.25, -0.2) is 9.78 Å². The highest BCUT2D eigenvalue weighted by Gasteiger charge is 2.17. The number of nitrogens with zero attached hydrogens (tertiary/aromatic N) is 1. The topological polar surface area (TPSA) is 51.2 Å². The standard InChI is InChI=1S/C10H12BrIN2O2/c1-10(2,3)16-9(15)14-8-7(11)4-6(12)5-13-8/h4-5H,1-3H3,(H,13,14,15). The molecule has 1 rings (SSSR count). The summed E-state index contributed by atoms with van der Waals surface area (Å²) in [7, 11) is 0. The normalized spacial score (nSPS) is 11.1. The number of aromatic nitrogens is 1. The first-order chi connectivity index (χ1) is 7.28. The molecule has 6 heteroatoms. The van der Waals surface area contributed by atoms with E-state index in [1.165, 1.54) is 0 Å². The Kier molecular flexibility index (Phi) is 4.54. The highest BCUT2D eigenvalue weighted by atomic mass is 127. The van der Waals surface area contributed by atoms with E-state index >= 15 is 0 Å². The highest BCUT2D eigenvalue weighted by Crippen LogP contribution is 2.22. The molecule has 0 spiro atoms. The number of carbonyl (C=O) groups is 1. The fourth-order valence-electron chi connectivity index (χ4n) is 0.907. The van der Waals surface area contributed by atoms with Crippen LogP contribution in [0, 0.1) is 3.57 Å². The summed E-state index contributed by atoms with van der Waals surface area (Å²) in [5, 5.41) is 2.57. The summed E-state index contributed by atoms with van der Waals surface area (Å²) >= 11 is 5.46. The van der Waals surface area contributed by atoms with Gasteiger partial charge in [0.05, 0.1) is 4.47 Å². The highest BCUT2D eigenvalue weighted by molar-refractivity contribution is 14.1. The molecule has 0 aliphatic heterocycles. The van der Waals surface area contributed by atoms with Gasteiger partial charge >= 0.3 is 6.09 Å². The van der Waals surface area contributed by atoms with E-state index in [9.17, 15) is 4.79 Å². The van der Waals surface area contributed by atoms with Crippen molar-refractivity contribution in [1.82, 2.24) is 4.98 Å². The second kappa shape index (κ2) is 5.31. The van der Waals surface area contributed by atoms with E-state index < -0.39 is 11.7 Å². The van der Waals surface area contributed by atoms with Crippen molar-refractivity contribution >= 4 is 50.4 Å². The molecule has 0 bridgehead atoms. The third-order valence-corrected chi connectivity index (χ3v) is 2.62. The molecule has 1 heterocycles. The molecule has 0 aromatic carbocycles. The lowest BCUT2D eigenvalue weighted by atomic mass is 10.2. The van der Waals surface area contributed by atoms with Gasteiger partial charge in [-0.15, -0.1) is 0 Å².